The molecule has 0 saturated heterocycles. The molecule has 0 unspecified atom stereocenters. The van der Waals surface area contributed by atoms with Gasteiger partial charge in [-0.05, 0) is 38.0 Å². The number of carbonyl (C=O) groups excluding carboxylic acids is 1. The summed E-state index contributed by atoms with van der Waals surface area (Å²) in [5.41, 5.74) is 0.824. The van der Waals surface area contributed by atoms with Gasteiger partial charge < -0.3 is 19.5 Å². The first-order valence-corrected chi connectivity index (χ1v) is 12.9. The standard InChI is InChI=1S/C25H34N2O6S/c1-18(21-12-8-9-13-22(21)31-2)26-25(28)17-27(19-10-6-5-7-11-19)34(29,30)20-14-15-23(32-3)24(16-20)33-4/h8-9,12-16,18-19H,5-7,10-11,17H2,1-4H3,(H,26,28)/t18-/m1/s1. The SMILES string of the molecule is COc1ccc(S(=O)(=O)N(CC(=O)N[C@H](C)c2ccccc2OC)C2CCCCC2)cc1OC. The molecule has 1 aliphatic carbocycles. The molecule has 0 heterocycles. The van der Waals surface area contributed by atoms with Gasteiger partial charge >= 0.3 is 0 Å². The number of sulfonamides is 1. The van der Waals surface area contributed by atoms with Crippen molar-refractivity contribution in [2.75, 3.05) is 27.9 Å². The summed E-state index contributed by atoms with van der Waals surface area (Å²) in [5, 5.41) is 2.94. The molecule has 8 nitrogen and oxygen atoms in total. The van der Waals surface area contributed by atoms with E-state index in [0.29, 0.717) is 17.2 Å². The molecule has 2 aromatic carbocycles. The third kappa shape index (κ3) is 5.82. The first-order chi connectivity index (χ1) is 16.3. The molecular formula is C25H34N2O6S. The highest BCUT2D eigenvalue weighted by atomic mass is 32.2. The minimum Gasteiger partial charge on any atom is -0.496 e. The van der Waals surface area contributed by atoms with Gasteiger partial charge in [-0.1, -0.05) is 37.5 Å². The monoisotopic (exact) mass is 490 g/mol. The van der Waals surface area contributed by atoms with Crippen LogP contribution < -0.4 is 19.5 Å². The van der Waals surface area contributed by atoms with Crippen LogP contribution in [0.4, 0.5) is 0 Å². The predicted octanol–water partition coefficient (Wildman–Crippen LogP) is 3.91. The lowest BCUT2D eigenvalue weighted by atomic mass is 9.95. The van der Waals surface area contributed by atoms with Crippen LogP contribution in [0.5, 0.6) is 17.2 Å². The Morgan fingerprint density at radius 1 is 0.971 bits per heavy atom. The maximum absolute atomic E-state index is 13.7. The second kappa shape index (κ2) is 11.6. The van der Waals surface area contributed by atoms with Crippen molar-refractivity contribution in [3.8, 4) is 17.2 Å². The van der Waals surface area contributed by atoms with E-state index in [4.69, 9.17) is 14.2 Å². The van der Waals surface area contributed by atoms with Crippen LogP contribution in [0.1, 0.15) is 50.6 Å². The summed E-state index contributed by atoms with van der Waals surface area (Å²) in [6.07, 6.45) is 4.38. The number of nitrogens with zero attached hydrogens (tertiary/aromatic N) is 1. The van der Waals surface area contributed by atoms with Gasteiger partial charge in [-0.15, -0.1) is 0 Å². The molecule has 0 radical (unpaired) electrons. The highest BCUT2D eigenvalue weighted by Gasteiger charge is 2.35. The molecule has 0 aliphatic heterocycles. The van der Waals surface area contributed by atoms with Gasteiger partial charge in [0, 0.05) is 17.7 Å². The Morgan fingerprint density at radius 2 is 1.62 bits per heavy atom. The average Bonchev–Trinajstić information content (AvgIpc) is 2.87. The molecule has 1 aliphatic rings. The second-order valence-corrected chi connectivity index (χ2v) is 10.3. The topological polar surface area (TPSA) is 94.2 Å². The summed E-state index contributed by atoms with van der Waals surface area (Å²) in [5.74, 6) is 1.06. The smallest absolute Gasteiger partial charge is 0.243 e. The zero-order chi connectivity index (χ0) is 24.7. The number of methoxy groups -OCH3 is 3. The number of rotatable bonds is 10. The Labute approximate surface area is 202 Å². The third-order valence-electron chi connectivity index (χ3n) is 6.23. The fraction of sp³-hybridized carbons (Fsp3) is 0.480. The Hall–Kier alpha value is -2.78. The molecule has 1 amide bonds. The summed E-state index contributed by atoms with van der Waals surface area (Å²) in [7, 11) is 0.575. The quantitative estimate of drug-likeness (QED) is 0.543. The lowest BCUT2D eigenvalue weighted by Crippen LogP contribution is -2.47. The summed E-state index contributed by atoms with van der Waals surface area (Å²) in [6, 6.07) is 11.3. The summed E-state index contributed by atoms with van der Waals surface area (Å²) in [6.45, 7) is 1.59. The first-order valence-electron chi connectivity index (χ1n) is 11.5. The van der Waals surface area contributed by atoms with Gasteiger partial charge in [-0.3, -0.25) is 4.79 Å². The summed E-state index contributed by atoms with van der Waals surface area (Å²) >= 11 is 0. The van der Waals surface area contributed by atoms with Gasteiger partial charge in [-0.2, -0.15) is 4.31 Å². The molecule has 34 heavy (non-hydrogen) atoms. The fourth-order valence-corrected chi connectivity index (χ4v) is 6.08. The van der Waals surface area contributed by atoms with E-state index in [1.807, 2.05) is 31.2 Å². The van der Waals surface area contributed by atoms with E-state index in [1.165, 1.54) is 30.7 Å². The van der Waals surface area contributed by atoms with E-state index in [-0.39, 0.29) is 29.4 Å². The highest BCUT2D eigenvalue weighted by molar-refractivity contribution is 7.89. The summed E-state index contributed by atoms with van der Waals surface area (Å²) in [4.78, 5) is 13.1. The average molecular weight is 491 g/mol. The highest BCUT2D eigenvalue weighted by Crippen LogP contribution is 2.33. The second-order valence-electron chi connectivity index (χ2n) is 8.39. The van der Waals surface area contributed by atoms with Crippen molar-refractivity contribution < 1.29 is 27.4 Å². The largest absolute Gasteiger partial charge is 0.496 e. The molecule has 2 aromatic rings. The molecule has 0 aromatic heterocycles. The number of nitrogens with one attached hydrogen (secondary N) is 1. The zero-order valence-corrected chi connectivity index (χ0v) is 21.1. The molecule has 1 N–H and O–H groups in total. The Kier molecular flexibility index (Phi) is 8.79. The molecule has 0 spiro atoms. The van der Waals surface area contributed by atoms with Crippen molar-refractivity contribution in [2.45, 2.75) is 56.0 Å². The van der Waals surface area contributed by atoms with Crippen molar-refractivity contribution in [3.63, 3.8) is 0 Å². The lowest BCUT2D eigenvalue weighted by molar-refractivity contribution is -0.122. The van der Waals surface area contributed by atoms with Crippen LogP contribution in [0.3, 0.4) is 0 Å². The number of para-hydroxylation sites is 1. The Morgan fingerprint density at radius 3 is 2.26 bits per heavy atom. The van der Waals surface area contributed by atoms with E-state index >= 15 is 0 Å². The minimum atomic E-state index is -3.95. The normalized spacial score (nSPS) is 15.6. The van der Waals surface area contributed by atoms with Gasteiger partial charge in [0.05, 0.1) is 38.8 Å². The zero-order valence-electron chi connectivity index (χ0n) is 20.2. The van der Waals surface area contributed by atoms with Gasteiger partial charge in [0.25, 0.3) is 0 Å². The van der Waals surface area contributed by atoms with Crippen LogP contribution in [0.2, 0.25) is 0 Å². The van der Waals surface area contributed by atoms with Crippen LogP contribution in [-0.4, -0.2) is 52.5 Å². The first kappa shape index (κ1) is 25.8. The number of hydrogen-bond donors (Lipinski definition) is 1. The molecule has 3 rings (SSSR count). The number of hydrogen-bond acceptors (Lipinski definition) is 6. The van der Waals surface area contributed by atoms with Crippen molar-refractivity contribution in [3.05, 3.63) is 48.0 Å². The molecule has 1 atom stereocenters. The number of amides is 1. The molecule has 0 bridgehead atoms. The maximum atomic E-state index is 13.7. The Balaban J connectivity index is 1.86. The van der Waals surface area contributed by atoms with Crippen molar-refractivity contribution in [1.82, 2.24) is 9.62 Å². The number of benzene rings is 2. The predicted molar refractivity (Wildman–Crippen MR) is 130 cm³/mol. The number of ether oxygens (including phenoxy) is 3. The molecule has 9 heteroatoms. The van der Waals surface area contributed by atoms with Gasteiger partial charge in [0.1, 0.15) is 5.75 Å². The fourth-order valence-electron chi connectivity index (χ4n) is 4.42. The van der Waals surface area contributed by atoms with Crippen LogP contribution >= 0.6 is 0 Å². The van der Waals surface area contributed by atoms with Crippen molar-refractivity contribution >= 4 is 15.9 Å². The van der Waals surface area contributed by atoms with E-state index in [2.05, 4.69) is 5.32 Å². The van der Waals surface area contributed by atoms with E-state index in [1.54, 1.807) is 13.2 Å². The van der Waals surface area contributed by atoms with Crippen molar-refractivity contribution in [1.29, 1.82) is 0 Å². The van der Waals surface area contributed by atoms with Gasteiger partial charge in [0.2, 0.25) is 15.9 Å². The maximum Gasteiger partial charge on any atom is 0.243 e. The van der Waals surface area contributed by atoms with E-state index < -0.39 is 10.0 Å². The van der Waals surface area contributed by atoms with E-state index in [9.17, 15) is 13.2 Å². The van der Waals surface area contributed by atoms with E-state index in [0.717, 1.165) is 37.7 Å². The molecular weight excluding hydrogens is 456 g/mol. The van der Waals surface area contributed by atoms with Gasteiger partial charge in [0.15, 0.2) is 11.5 Å². The third-order valence-corrected chi connectivity index (χ3v) is 8.12. The van der Waals surface area contributed by atoms with Crippen LogP contribution in [-0.2, 0) is 14.8 Å². The minimum absolute atomic E-state index is 0.0706. The van der Waals surface area contributed by atoms with Crippen LogP contribution in [0.25, 0.3) is 0 Å². The van der Waals surface area contributed by atoms with Crippen LogP contribution in [0.15, 0.2) is 47.4 Å². The molecule has 186 valence electrons. The summed E-state index contributed by atoms with van der Waals surface area (Å²) < 4.78 is 44.7. The molecule has 1 fully saturated rings. The van der Waals surface area contributed by atoms with Crippen LogP contribution in [0, 0.1) is 0 Å². The molecule has 1 saturated carbocycles. The Bertz CT molecular complexity index is 1080. The van der Waals surface area contributed by atoms with Crippen molar-refractivity contribution in [2.24, 2.45) is 0 Å². The number of carbonyl (C=O) groups is 1. The van der Waals surface area contributed by atoms with Gasteiger partial charge in [-0.25, -0.2) is 8.42 Å². The lowest BCUT2D eigenvalue weighted by Gasteiger charge is -2.33.